The van der Waals surface area contributed by atoms with Gasteiger partial charge in [-0.05, 0) is 33.6 Å². The molecule has 4 heteroatoms. The molecule has 88 valence electrons. The van der Waals surface area contributed by atoms with Crippen molar-refractivity contribution in [2.75, 3.05) is 6.61 Å². The Morgan fingerprint density at radius 1 is 1.60 bits per heavy atom. The van der Waals surface area contributed by atoms with Crippen LogP contribution in [0.2, 0.25) is 0 Å². The highest BCUT2D eigenvalue weighted by molar-refractivity contribution is 5.68. The Hall–Kier alpha value is -0.610. The van der Waals surface area contributed by atoms with Crippen LogP contribution in [0.3, 0.4) is 0 Å². The number of ether oxygens (including phenoxy) is 1. The number of nitrogens with two attached hydrogens (primary N) is 1. The van der Waals surface area contributed by atoms with Gasteiger partial charge in [-0.3, -0.25) is 4.79 Å². The van der Waals surface area contributed by atoms with Gasteiger partial charge in [-0.25, -0.2) is 0 Å². The second kappa shape index (κ2) is 4.10. The molecule has 1 fully saturated rings. The van der Waals surface area contributed by atoms with Gasteiger partial charge in [0.2, 0.25) is 0 Å². The minimum absolute atomic E-state index is 0.114. The summed E-state index contributed by atoms with van der Waals surface area (Å²) in [5.41, 5.74) is 5.38. The molecule has 0 radical (unpaired) electrons. The number of aliphatic carboxylic acids is 1. The fourth-order valence-electron chi connectivity index (χ4n) is 2.52. The number of carbonyl (C=O) groups is 1. The Bertz CT molecular complexity index is 250. The van der Waals surface area contributed by atoms with Crippen molar-refractivity contribution in [3.8, 4) is 0 Å². The summed E-state index contributed by atoms with van der Waals surface area (Å²) >= 11 is 0. The maximum atomic E-state index is 10.9. The van der Waals surface area contributed by atoms with Crippen LogP contribution in [0.15, 0.2) is 0 Å². The first kappa shape index (κ1) is 12.5. The fraction of sp³-hybridized carbons (Fsp3) is 0.909. The standard InChI is InChI=1S/C11H21NO3/c1-8(12)11(6-9(13)14)4-5-15-10(2,3)7-11/h8H,4-7,12H2,1-3H3,(H,13,14). The molecule has 1 heterocycles. The highest BCUT2D eigenvalue weighted by Crippen LogP contribution is 2.43. The third-order valence-electron chi connectivity index (χ3n) is 3.34. The summed E-state index contributed by atoms with van der Waals surface area (Å²) in [7, 11) is 0. The Kier molecular flexibility index (Phi) is 3.41. The van der Waals surface area contributed by atoms with E-state index >= 15 is 0 Å². The lowest BCUT2D eigenvalue weighted by Gasteiger charge is -2.46. The molecule has 4 nitrogen and oxygen atoms in total. The van der Waals surface area contributed by atoms with Crippen molar-refractivity contribution in [2.45, 2.75) is 51.7 Å². The number of hydrogen-bond acceptors (Lipinski definition) is 3. The SMILES string of the molecule is CC(N)C1(CC(=O)O)CCOC(C)(C)C1. The zero-order valence-corrected chi connectivity index (χ0v) is 9.75. The van der Waals surface area contributed by atoms with Crippen LogP contribution < -0.4 is 5.73 Å². The predicted octanol–water partition coefficient (Wildman–Crippen LogP) is 1.38. The van der Waals surface area contributed by atoms with Gasteiger partial charge in [0.05, 0.1) is 12.0 Å². The van der Waals surface area contributed by atoms with Crippen molar-refractivity contribution in [2.24, 2.45) is 11.1 Å². The first-order valence-electron chi connectivity index (χ1n) is 5.39. The Morgan fingerprint density at radius 3 is 2.60 bits per heavy atom. The highest BCUT2D eigenvalue weighted by Gasteiger charge is 2.44. The molecule has 15 heavy (non-hydrogen) atoms. The molecule has 3 N–H and O–H groups in total. The van der Waals surface area contributed by atoms with E-state index < -0.39 is 5.97 Å². The molecule has 1 rings (SSSR count). The van der Waals surface area contributed by atoms with Gasteiger partial charge in [-0.1, -0.05) is 0 Å². The molecule has 2 unspecified atom stereocenters. The fourth-order valence-corrected chi connectivity index (χ4v) is 2.52. The molecule has 1 saturated heterocycles. The van der Waals surface area contributed by atoms with Gasteiger partial charge in [-0.2, -0.15) is 0 Å². The summed E-state index contributed by atoms with van der Waals surface area (Å²) < 4.78 is 5.60. The van der Waals surface area contributed by atoms with Crippen LogP contribution in [0.5, 0.6) is 0 Å². The molecular formula is C11H21NO3. The molecule has 0 saturated carbocycles. The molecule has 1 aliphatic rings. The molecule has 0 bridgehead atoms. The Morgan fingerprint density at radius 2 is 2.20 bits per heavy atom. The first-order chi connectivity index (χ1) is 6.77. The van der Waals surface area contributed by atoms with E-state index in [4.69, 9.17) is 15.6 Å². The van der Waals surface area contributed by atoms with E-state index in [1.165, 1.54) is 0 Å². The molecule has 0 aliphatic carbocycles. The lowest BCUT2D eigenvalue weighted by atomic mass is 9.67. The predicted molar refractivity (Wildman–Crippen MR) is 57.6 cm³/mol. The number of rotatable bonds is 3. The van der Waals surface area contributed by atoms with Crippen LogP contribution in [0.1, 0.15) is 40.0 Å². The van der Waals surface area contributed by atoms with Gasteiger partial charge >= 0.3 is 5.97 Å². The lowest BCUT2D eigenvalue weighted by molar-refractivity contribution is -0.149. The van der Waals surface area contributed by atoms with E-state index in [-0.39, 0.29) is 23.5 Å². The molecular weight excluding hydrogens is 194 g/mol. The molecule has 0 spiro atoms. The van der Waals surface area contributed by atoms with Gasteiger partial charge in [0.15, 0.2) is 0 Å². The van der Waals surface area contributed by atoms with Gasteiger partial charge in [0, 0.05) is 18.1 Å². The number of hydrogen-bond donors (Lipinski definition) is 2. The van der Waals surface area contributed by atoms with Gasteiger partial charge < -0.3 is 15.6 Å². The highest BCUT2D eigenvalue weighted by atomic mass is 16.5. The monoisotopic (exact) mass is 215 g/mol. The first-order valence-corrected chi connectivity index (χ1v) is 5.39. The van der Waals surface area contributed by atoms with Gasteiger partial charge in [0.25, 0.3) is 0 Å². The minimum atomic E-state index is -0.773. The smallest absolute Gasteiger partial charge is 0.303 e. The minimum Gasteiger partial charge on any atom is -0.481 e. The Labute approximate surface area is 90.8 Å². The van der Waals surface area contributed by atoms with Crippen molar-refractivity contribution in [1.82, 2.24) is 0 Å². The summed E-state index contributed by atoms with van der Waals surface area (Å²) in [5.74, 6) is -0.773. The van der Waals surface area contributed by atoms with E-state index in [1.807, 2.05) is 20.8 Å². The summed E-state index contributed by atoms with van der Waals surface area (Å²) in [6.07, 6.45) is 1.59. The van der Waals surface area contributed by atoms with Crippen LogP contribution in [-0.4, -0.2) is 29.3 Å². The lowest BCUT2D eigenvalue weighted by Crippen LogP contribution is -2.50. The molecule has 1 aliphatic heterocycles. The zero-order valence-electron chi connectivity index (χ0n) is 9.75. The van der Waals surface area contributed by atoms with E-state index in [0.29, 0.717) is 13.0 Å². The maximum Gasteiger partial charge on any atom is 0.303 e. The van der Waals surface area contributed by atoms with Crippen LogP contribution in [-0.2, 0) is 9.53 Å². The molecule has 0 aromatic heterocycles. The summed E-state index contributed by atoms with van der Waals surface area (Å²) in [4.78, 5) is 10.9. The van der Waals surface area contributed by atoms with Crippen LogP contribution in [0, 0.1) is 5.41 Å². The molecule has 0 aromatic rings. The van der Waals surface area contributed by atoms with E-state index in [2.05, 4.69) is 0 Å². The van der Waals surface area contributed by atoms with Crippen molar-refractivity contribution < 1.29 is 14.6 Å². The van der Waals surface area contributed by atoms with Crippen LogP contribution in [0.4, 0.5) is 0 Å². The second-order valence-electron chi connectivity index (χ2n) is 5.26. The summed E-state index contributed by atoms with van der Waals surface area (Å²) in [6.45, 7) is 6.47. The maximum absolute atomic E-state index is 10.9. The van der Waals surface area contributed by atoms with Crippen LogP contribution in [0.25, 0.3) is 0 Å². The summed E-state index contributed by atoms with van der Waals surface area (Å²) in [5, 5.41) is 8.95. The topological polar surface area (TPSA) is 72.6 Å². The van der Waals surface area contributed by atoms with E-state index in [1.54, 1.807) is 0 Å². The third kappa shape index (κ3) is 2.92. The number of carboxylic acid groups (broad SMARTS) is 1. The van der Waals surface area contributed by atoms with Crippen molar-refractivity contribution >= 4 is 5.97 Å². The van der Waals surface area contributed by atoms with Crippen molar-refractivity contribution in [3.63, 3.8) is 0 Å². The van der Waals surface area contributed by atoms with Gasteiger partial charge in [0.1, 0.15) is 0 Å². The average molecular weight is 215 g/mol. The largest absolute Gasteiger partial charge is 0.481 e. The average Bonchev–Trinajstić information content (AvgIpc) is 1.99. The quantitative estimate of drug-likeness (QED) is 0.746. The van der Waals surface area contributed by atoms with Crippen molar-refractivity contribution in [3.05, 3.63) is 0 Å². The molecule has 0 aromatic carbocycles. The summed E-state index contributed by atoms with van der Waals surface area (Å²) in [6, 6.07) is -0.114. The Balaban J connectivity index is 2.85. The normalized spacial score (nSPS) is 32.3. The molecule has 2 atom stereocenters. The van der Waals surface area contributed by atoms with Crippen LogP contribution >= 0.6 is 0 Å². The zero-order chi connectivity index (χ0) is 11.7. The second-order valence-corrected chi connectivity index (χ2v) is 5.26. The van der Waals surface area contributed by atoms with Crippen molar-refractivity contribution in [1.29, 1.82) is 0 Å². The third-order valence-corrected chi connectivity index (χ3v) is 3.34. The van der Waals surface area contributed by atoms with E-state index in [9.17, 15) is 4.79 Å². The molecule has 0 amide bonds. The number of carboxylic acids is 1. The van der Waals surface area contributed by atoms with Gasteiger partial charge in [-0.15, -0.1) is 0 Å². The van der Waals surface area contributed by atoms with E-state index in [0.717, 1.165) is 6.42 Å².